The van der Waals surface area contributed by atoms with Gasteiger partial charge in [0, 0.05) is 40.4 Å². The second kappa shape index (κ2) is 10.2. The van der Waals surface area contributed by atoms with Gasteiger partial charge in [-0.1, -0.05) is 30.3 Å². The van der Waals surface area contributed by atoms with E-state index < -0.39 is 18.4 Å². The highest BCUT2D eigenvalue weighted by atomic mass is 16.7. The number of likely N-dealkylation sites (tertiary alicyclic amines) is 1. The van der Waals surface area contributed by atoms with Crippen LogP contribution < -0.4 is 5.32 Å². The molecule has 33 heavy (non-hydrogen) atoms. The van der Waals surface area contributed by atoms with E-state index in [1.54, 1.807) is 19.1 Å². The molecule has 4 rings (SSSR count). The van der Waals surface area contributed by atoms with Crippen LogP contribution >= 0.6 is 0 Å². The first kappa shape index (κ1) is 23.0. The van der Waals surface area contributed by atoms with Crippen molar-refractivity contribution < 1.29 is 24.2 Å². The smallest absolute Gasteiger partial charge is 0.408 e. The van der Waals surface area contributed by atoms with Crippen LogP contribution in [0.1, 0.15) is 41.5 Å². The van der Waals surface area contributed by atoms with E-state index in [0.717, 1.165) is 41.9 Å². The largest absolute Gasteiger partial charge is 0.465 e. The summed E-state index contributed by atoms with van der Waals surface area (Å²) < 4.78 is 10.9. The Labute approximate surface area is 193 Å². The zero-order valence-corrected chi connectivity index (χ0v) is 19.0. The van der Waals surface area contributed by atoms with Gasteiger partial charge >= 0.3 is 6.09 Å². The molecule has 2 aliphatic heterocycles. The minimum absolute atomic E-state index is 0.174. The van der Waals surface area contributed by atoms with E-state index in [1.165, 1.54) is 4.90 Å². The molecular formula is C24H30N4O5. The second-order valence-electron chi connectivity index (χ2n) is 8.33. The molecule has 2 amide bonds. The van der Waals surface area contributed by atoms with Gasteiger partial charge in [-0.05, 0) is 42.0 Å². The van der Waals surface area contributed by atoms with Gasteiger partial charge in [0.05, 0.1) is 0 Å². The lowest BCUT2D eigenvalue weighted by molar-refractivity contribution is -0.132. The van der Waals surface area contributed by atoms with Gasteiger partial charge in [0.2, 0.25) is 12.2 Å². The highest BCUT2D eigenvalue weighted by Crippen LogP contribution is 2.30. The summed E-state index contributed by atoms with van der Waals surface area (Å²) in [6, 6.07) is 10.7. The van der Waals surface area contributed by atoms with E-state index in [1.807, 2.05) is 30.3 Å². The molecule has 0 spiro atoms. The number of hydrogen-bond acceptors (Lipinski definition) is 6. The highest BCUT2D eigenvalue weighted by molar-refractivity contribution is 5.87. The number of nitrogens with one attached hydrogen (secondary N) is 1. The van der Waals surface area contributed by atoms with Gasteiger partial charge in [-0.25, -0.2) is 9.78 Å². The molecule has 9 heteroatoms. The standard InChI is InChI=1S/C24H30N4O5/c1-32-23(33-2)20-18(13-17-9-6-11-25-21(17)26-20)15-27-12-10-19(22(27)29)28(24(30)31)14-16-7-4-3-5-8-16/h3-5,7-8,13,19,23H,6,9-12,14-15H2,1-2H3,(H,25,26)(H,30,31)/t19-/m1/s1. The van der Waals surface area contributed by atoms with Gasteiger partial charge in [0.25, 0.3) is 0 Å². The third-order valence-electron chi connectivity index (χ3n) is 6.23. The van der Waals surface area contributed by atoms with Crippen molar-refractivity contribution in [3.05, 3.63) is 58.8 Å². The highest BCUT2D eigenvalue weighted by Gasteiger charge is 2.39. The summed E-state index contributed by atoms with van der Waals surface area (Å²) in [5.41, 5.74) is 3.43. The Balaban J connectivity index is 1.56. The second-order valence-corrected chi connectivity index (χ2v) is 8.33. The number of pyridine rings is 1. The fraction of sp³-hybridized carbons (Fsp3) is 0.458. The molecule has 9 nitrogen and oxygen atoms in total. The fourth-order valence-corrected chi connectivity index (χ4v) is 4.56. The minimum atomic E-state index is -1.10. The molecule has 1 atom stereocenters. The Hall–Kier alpha value is -3.17. The summed E-state index contributed by atoms with van der Waals surface area (Å²) in [7, 11) is 3.11. The number of amides is 2. The number of nitrogens with zero attached hydrogens (tertiary/aromatic N) is 3. The van der Waals surface area contributed by atoms with Gasteiger partial charge < -0.3 is 24.8 Å². The minimum Gasteiger partial charge on any atom is -0.465 e. The number of aryl methyl sites for hydroxylation is 1. The van der Waals surface area contributed by atoms with Crippen LogP contribution in [0.25, 0.3) is 0 Å². The first-order chi connectivity index (χ1) is 16.0. The van der Waals surface area contributed by atoms with Crippen molar-refractivity contribution in [1.29, 1.82) is 0 Å². The number of ether oxygens (including phenoxy) is 2. The maximum absolute atomic E-state index is 13.3. The van der Waals surface area contributed by atoms with Crippen molar-refractivity contribution in [2.24, 2.45) is 0 Å². The topological polar surface area (TPSA) is 104 Å². The van der Waals surface area contributed by atoms with Crippen LogP contribution in [0, 0.1) is 0 Å². The van der Waals surface area contributed by atoms with Crippen LogP contribution in [0.15, 0.2) is 36.4 Å². The van der Waals surface area contributed by atoms with Gasteiger partial charge in [-0.15, -0.1) is 0 Å². The lowest BCUT2D eigenvalue weighted by Crippen LogP contribution is -2.44. The zero-order chi connectivity index (χ0) is 23.4. The first-order valence-electron chi connectivity index (χ1n) is 11.2. The number of methoxy groups -OCH3 is 2. The van der Waals surface area contributed by atoms with Crippen molar-refractivity contribution in [1.82, 2.24) is 14.8 Å². The average molecular weight is 455 g/mol. The average Bonchev–Trinajstić information content (AvgIpc) is 3.18. The van der Waals surface area contributed by atoms with Crippen LogP contribution in [0.4, 0.5) is 10.6 Å². The van der Waals surface area contributed by atoms with Crippen molar-refractivity contribution in [3.63, 3.8) is 0 Å². The number of fused-ring (bicyclic) bond motifs is 1. The summed E-state index contributed by atoms with van der Waals surface area (Å²) in [6.45, 7) is 1.84. The Bertz CT molecular complexity index is 996. The molecule has 1 aromatic heterocycles. The zero-order valence-electron chi connectivity index (χ0n) is 19.0. The molecule has 1 aromatic carbocycles. The molecule has 0 bridgehead atoms. The molecule has 3 heterocycles. The number of anilines is 1. The van der Waals surface area contributed by atoms with E-state index in [0.29, 0.717) is 25.2 Å². The number of aromatic nitrogens is 1. The summed E-state index contributed by atoms with van der Waals surface area (Å²) in [4.78, 5) is 33.0. The summed E-state index contributed by atoms with van der Waals surface area (Å²) >= 11 is 0. The van der Waals surface area contributed by atoms with Crippen molar-refractivity contribution >= 4 is 17.8 Å². The van der Waals surface area contributed by atoms with Crippen molar-refractivity contribution in [3.8, 4) is 0 Å². The van der Waals surface area contributed by atoms with Crippen LogP contribution in [-0.4, -0.2) is 65.2 Å². The first-order valence-corrected chi connectivity index (χ1v) is 11.2. The molecular weight excluding hydrogens is 424 g/mol. The normalized spacial score (nSPS) is 17.7. The van der Waals surface area contributed by atoms with Gasteiger partial charge in [-0.3, -0.25) is 9.69 Å². The predicted molar refractivity (Wildman–Crippen MR) is 122 cm³/mol. The quantitative estimate of drug-likeness (QED) is 0.591. The maximum atomic E-state index is 13.3. The molecule has 0 unspecified atom stereocenters. The van der Waals surface area contributed by atoms with E-state index in [2.05, 4.69) is 11.4 Å². The molecule has 1 fully saturated rings. The number of hydrogen-bond donors (Lipinski definition) is 2. The molecule has 176 valence electrons. The summed E-state index contributed by atoms with van der Waals surface area (Å²) in [5.74, 6) is 0.631. The van der Waals surface area contributed by atoms with Crippen molar-refractivity contribution in [2.75, 3.05) is 32.6 Å². The van der Waals surface area contributed by atoms with E-state index in [4.69, 9.17) is 14.5 Å². The van der Waals surface area contributed by atoms with Crippen LogP contribution in [0.5, 0.6) is 0 Å². The number of carboxylic acid groups (broad SMARTS) is 1. The van der Waals surface area contributed by atoms with Crippen LogP contribution in [-0.2, 0) is 33.8 Å². The van der Waals surface area contributed by atoms with Gasteiger partial charge in [0.15, 0.2) is 0 Å². The van der Waals surface area contributed by atoms with E-state index >= 15 is 0 Å². The SMILES string of the molecule is COC(OC)c1nc2c(cc1CN1CC[C@@H](N(Cc3ccccc3)C(=O)O)C1=O)CCCN2. The Kier molecular flexibility index (Phi) is 7.10. The lowest BCUT2D eigenvalue weighted by atomic mass is 10.0. The molecule has 0 saturated carbocycles. The number of benzene rings is 1. The van der Waals surface area contributed by atoms with Crippen molar-refractivity contribution in [2.45, 2.75) is 44.7 Å². The molecule has 0 aliphatic carbocycles. The maximum Gasteiger partial charge on any atom is 0.408 e. The Morgan fingerprint density at radius 2 is 2.06 bits per heavy atom. The third kappa shape index (κ3) is 4.94. The number of carbonyl (C=O) groups is 2. The fourth-order valence-electron chi connectivity index (χ4n) is 4.56. The molecule has 2 N–H and O–H groups in total. The third-order valence-corrected chi connectivity index (χ3v) is 6.23. The molecule has 0 radical (unpaired) electrons. The van der Waals surface area contributed by atoms with Gasteiger partial charge in [-0.2, -0.15) is 0 Å². The molecule has 2 aliphatic rings. The monoisotopic (exact) mass is 454 g/mol. The lowest BCUT2D eigenvalue weighted by Gasteiger charge is -2.27. The summed E-state index contributed by atoms with van der Waals surface area (Å²) in [6.07, 6.45) is 0.624. The van der Waals surface area contributed by atoms with E-state index in [9.17, 15) is 14.7 Å². The van der Waals surface area contributed by atoms with Crippen LogP contribution in [0.3, 0.4) is 0 Å². The Morgan fingerprint density at radius 3 is 2.76 bits per heavy atom. The van der Waals surface area contributed by atoms with E-state index in [-0.39, 0.29) is 12.5 Å². The predicted octanol–water partition coefficient (Wildman–Crippen LogP) is 3.01. The van der Waals surface area contributed by atoms with Crippen LogP contribution in [0.2, 0.25) is 0 Å². The number of carbonyl (C=O) groups excluding carboxylic acids is 1. The summed E-state index contributed by atoms with van der Waals surface area (Å²) in [5, 5.41) is 13.1. The number of rotatable bonds is 8. The Morgan fingerprint density at radius 1 is 1.30 bits per heavy atom. The molecule has 2 aromatic rings. The van der Waals surface area contributed by atoms with Gasteiger partial charge in [0.1, 0.15) is 17.6 Å². The molecule has 1 saturated heterocycles.